The number of hydrogen-bond acceptors (Lipinski definition) is 5. The predicted octanol–water partition coefficient (Wildman–Crippen LogP) is 3.46. The number of carbonyl (C=O) groups excluding carboxylic acids is 1. The first kappa shape index (κ1) is 20.2. The summed E-state index contributed by atoms with van der Waals surface area (Å²) in [4.78, 5) is 20.9. The van der Waals surface area contributed by atoms with Crippen LogP contribution in [-0.4, -0.2) is 47.7 Å². The molecule has 0 radical (unpaired) electrons. The first-order valence-corrected chi connectivity index (χ1v) is 10.2. The van der Waals surface area contributed by atoms with E-state index in [9.17, 15) is 14.4 Å². The minimum absolute atomic E-state index is 0.0137. The average Bonchev–Trinajstić information content (AvgIpc) is 2.71. The molecular weight excluding hydrogens is 375 g/mol. The number of anilines is 1. The second-order valence-electron chi connectivity index (χ2n) is 6.85. The molecule has 0 N–H and O–H groups in total. The number of nitrogens with zero attached hydrogens (tertiary/aromatic N) is 4. The summed E-state index contributed by atoms with van der Waals surface area (Å²) < 4.78 is 13.9. The van der Waals surface area contributed by atoms with Crippen LogP contribution in [0.3, 0.4) is 0 Å². The molecule has 5 nitrogen and oxygen atoms in total. The number of hydrogen-bond donors (Lipinski definition) is 0. The summed E-state index contributed by atoms with van der Waals surface area (Å²) >= 11 is 1.31. The first-order chi connectivity index (χ1) is 13.4. The van der Waals surface area contributed by atoms with E-state index in [-0.39, 0.29) is 17.5 Å². The van der Waals surface area contributed by atoms with Crippen LogP contribution in [0, 0.1) is 37.9 Å². The Morgan fingerprint density at radius 3 is 2.50 bits per heavy atom. The molecule has 1 fully saturated rings. The van der Waals surface area contributed by atoms with Crippen molar-refractivity contribution in [2.45, 2.75) is 25.8 Å². The second kappa shape index (κ2) is 8.61. The Morgan fingerprint density at radius 2 is 1.86 bits per heavy atom. The number of para-hydroxylation sites is 1. The summed E-state index contributed by atoms with van der Waals surface area (Å²) in [6.07, 6.45) is 0. The number of aromatic nitrogens is 1. The Morgan fingerprint density at radius 1 is 1.18 bits per heavy atom. The standard InChI is InChI=1S/C21H23FN4OS/c1-14-15(2)17(12-23)21(24-16(14)3)28-13-20(27)26-10-8-25(9-11-26)19-7-5-4-6-18(19)22/h4-7H,8-11,13H2,1-3H3. The predicted molar refractivity (Wildman–Crippen MR) is 109 cm³/mol. The molecule has 0 unspecified atom stereocenters. The maximum absolute atomic E-state index is 13.9. The lowest BCUT2D eigenvalue weighted by Gasteiger charge is -2.36. The first-order valence-electron chi connectivity index (χ1n) is 9.20. The van der Waals surface area contributed by atoms with Gasteiger partial charge in [0.05, 0.1) is 17.0 Å². The molecule has 0 bridgehead atoms. The topological polar surface area (TPSA) is 60.2 Å². The fourth-order valence-electron chi connectivity index (χ4n) is 3.27. The Balaban J connectivity index is 1.60. The molecule has 3 rings (SSSR count). The van der Waals surface area contributed by atoms with E-state index in [0.717, 1.165) is 16.8 Å². The number of thioether (sulfide) groups is 1. The van der Waals surface area contributed by atoms with Crippen LogP contribution in [0.2, 0.25) is 0 Å². The highest BCUT2D eigenvalue weighted by Crippen LogP contribution is 2.27. The van der Waals surface area contributed by atoms with Gasteiger partial charge in [-0.2, -0.15) is 5.26 Å². The van der Waals surface area contributed by atoms with Crippen molar-refractivity contribution in [3.05, 3.63) is 52.5 Å². The van der Waals surface area contributed by atoms with Gasteiger partial charge in [0.2, 0.25) is 5.91 Å². The van der Waals surface area contributed by atoms with Crippen LogP contribution >= 0.6 is 11.8 Å². The maximum Gasteiger partial charge on any atom is 0.233 e. The van der Waals surface area contributed by atoms with Gasteiger partial charge in [-0.05, 0) is 44.0 Å². The lowest BCUT2D eigenvalue weighted by molar-refractivity contribution is -0.128. The zero-order valence-corrected chi connectivity index (χ0v) is 17.1. The quantitative estimate of drug-likeness (QED) is 0.738. The average molecular weight is 399 g/mol. The van der Waals surface area contributed by atoms with Crippen LogP contribution in [0.25, 0.3) is 0 Å². The molecule has 28 heavy (non-hydrogen) atoms. The highest BCUT2D eigenvalue weighted by molar-refractivity contribution is 8.00. The zero-order valence-electron chi connectivity index (χ0n) is 16.3. The fourth-order valence-corrected chi connectivity index (χ4v) is 4.26. The molecule has 0 aliphatic carbocycles. The van der Waals surface area contributed by atoms with Gasteiger partial charge in [0, 0.05) is 31.9 Å². The van der Waals surface area contributed by atoms with Crippen molar-refractivity contribution in [2.24, 2.45) is 0 Å². The Labute approximate surface area is 169 Å². The van der Waals surface area contributed by atoms with Crippen LogP contribution in [0.4, 0.5) is 10.1 Å². The Bertz CT molecular complexity index is 933. The van der Waals surface area contributed by atoms with Gasteiger partial charge in [-0.3, -0.25) is 4.79 Å². The van der Waals surface area contributed by atoms with Crippen molar-refractivity contribution >= 4 is 23.4 Å². The van der Waals surface area contributed by atoms with E-state index in [2.05, 4.69) is 11.1 Å². The van der Waals surface area contributed by atoms with Crippen LogP contribution in [0.1, 0.15) is 22.4 Å². The summed E-state index contributed by atoms with van der Waals surface area (Å²) in [7, 11) is 0. The van der Waals surface area contributed by atoms with Gasteiger partial charge in [0.25, 0.3) is 0 Å². The molecule has 146 valence electrons. The molecule has 0 saturated carbocycles. The van der Waals surface area contributed by atoms with Crippen molar-refractivity contribution in [3.63, 3.8) is 0 Å². The smallest absolute Gasteiger partial charge is 0.233 e. The zero-order chi connectivity index (χ0) is 20.3. The van der Waals surface area contributed by atoms with Gasteiger partial charge in [-0.1, -0.05) is 23.9 Å². The number of pyridine rings is 1. The minimum atomic E-state index is -0.238. The number of benzene rings is 1. The van der Waals surface area contributed by atoms with E-state index in [1.165, 1.54) is 17.8 Å². The summed E-state index contributed by atoms with van der Waals surface area (Å²) in [6, 6.07) is 8.92. The van der Waals surface area contributed by atoms with Gasteiger partial charge in [0.1, 0.15) is 16.9 Å². The van der Waals surface area contributed by atoms with E-state index in [4.69, 9.17) is 0 Å². The molecule has 0 atom stereocenters. The Kier molecular flexibility index (Phi) is 6.20. The van der Waals surface area contributed by atoms with E-state index < -0.39 is 0 Å². The number of rotatable bonds is 4. The summed E-state index contributed by atoms with van der Waals surface area (Å²) in [5, 5.41) is 10.1. The van der Waals surface area contributed by atoms with Crippen LogP contribution < -0.4 is 4.90 Å². The second-order valence-corrected chi connectivity index (χ2v) is 7.81. The number of aryl methyl sites for hydroxylation is 1. The SMILES string of the molecule is Cc1nc(SCC(=O)N2CCN(c3ccccc3F)CC2)c(C#N)c(C)c1C. The van der Waals surface area contributed by atoms with Gasteiger partial charge in [0.15, 0.2) is 0 Å². The number of carbonyl (C=O) groups is 1. The van der Waals surface area contributed by atoms with Crippen molar-refractivity contribution in [1.82, 2.24) is 9.88 Å². The van der Waals surface area contributed by atoms with E-state index in [1.54, 1.807) is 17.0 Å². The molecule has 7 heteroatoms. The highest BCUT2D eigenvalue weighted by atomic mass is 32.2. The fraction of sp³-hybridized carbons (Fsp3) is 0.381. The van der Waals surface area contributed by atoms with Crippen LogP contribution in [-0.2, 0) is 4.79 Å². The van der Waals surface area contributed by atoms with E-state index in [1.807, 2.05) is 31.7 Å². The monoisotopic (exact) mass is 398 g/mol. The molecule has 1 amide bonds. The van der Waals surface area contributed by atoms with Crippen molar-refractivity contribution in [3.8, 4) is 6.07 Å². The summed E-state index contributed by atoms with van der Waals surface area (Å²) in [6.45, 7) is 8.08. The van der Waals surface area contributed by atoms with Gasteiger partial charge in [-0.15, -0.1) is 0 Å². The van der Waals surface area contributed by atoms with Gasteiger partial charge in [-0.25, -0.2) is 9.37 Å². The molecule has 1 aromatic heterocycles. The lowest BCUT2D eigenvalue weighted by atomic mass is 10.1. The maximum atomic E-state index is 13.9. The van der Waals surface area contributed by atoms with Crippen molar-refractivity contribution in [1.29, 1.82) is 5.26 Å². The molecule has 1 aliphatic rings. The van der Waals surface area contributed by atoms with Crippen LogP contribution in [0.15, 0.2) is 29.3 Å². The largest absolute Gasteiger partial charge is 0.366 e. The number of amides is 1. The number of nitriles is 1. The molecule has 2 aromatic rings. The summed E-state index contributed by atoms with van der Waals surface area (Å²) in [5.74, 6) is 0.0151. The third kappa shape index (κ3) is 4.12. The minimum Gasteiger partial charge on any atom is -0.366 e. The number of piperazine rings is 1. The molecule has 1 aliphatic heterocycles. The normalized spacial score (nSPS) is 14.1. The molecule has 1 aromatic carbocycles. The summed E-state index contributed by atoms with van der Waals surface area (Å²) in [5.41, 5.74) is 3.94. The highest BCUT2D eigenvalue weighted by Gasteiger charge is 2.23. The van der Waals surface area contributed by atoms with E-state index in [0.29, 0.717) is 42.5 Å². The van der Waals surface area contributed by atoms with Gasteiger partial charge >= 0.3 is 0 Å². The Hall–Kier alpha value is -2.59. The van der Waals surface area contributed by atoms with Crippen molar-refractivity contribution < 1.29 is 9.18 Å². The third-order valence-corrected chi connectivity index (χ3v) is 6.19. The molecule has 0 spiro atoms. The molecular formula is C21H23FN4OS. The van der Waals surface area contributed by atoms with Crippen molar-refractivity contribution in [2.75, 3.05) is 36.8 Å². The number of halogens is 1. The van der Waals surface area contributed by atoms with E-state index >= 15 is 0 Å². The van der Waals surface area contributed by atoms with Gasteiger partial charge < -0.3 is 9.80 Å². The molecule has 2 heterocycles. The van der Waals surface area contributed by atoms with Crippen LogP contribution in [0.5, 0.6) is 0 Å². The third-order valence-electron chi connectivity index (χ3n) is 5.23. The molecule has 1 saturated heterocycles. The lowest BCUT2D eigenvalue weighted by Crippen LogP contribution is -2.49.